The Balaban J connectivity index is 1.29. The molecule has 6 aromatic carbocycles. The van der Waals surface area contributed by atoms with E-state index in [-0.39, 0.29) is 44.4 Å². The first-order valence-electron chi connectivity index (χ1n) is 15.2. The van der Waals surface area contributed by atoms with Gasteiger partial charge in [-0.1, -0.05) is 12.1 Å². The average molecular weight is 825 g/mol. The number of carbonyl (C=O) groups is 1. The van der Waals surface area contributed by atoms with E-state index in [4.69, 9.17) is 0 Å². The van der Waals surface area contributed by atoms with Crippen LogP contribution in [0.5, 0.6) is 23.0 Å². The van der Waals surface area contributed by atoms with Crippen molar-refractivity contribution in [3.63, 3.8) is 0 Å². The minimum Gasteiger partial charge on any atom is -0.506 e. The van der Waals surface area contributed by atoms with Crippen LogP contribution in [0.1, 0.15) is 0 Å². The Hall–Kier alpha value is -6.76. The normalized spacial score (nSPS) is 12.5. The fourth-order valence-electron chi connectivity index (χ4n) is 5.24. The molecule has 0 saturated heterocycles. The predicted molar refractivity (Wildman–Crippen MR) is 198 cm³/mol. The molecule has 23 heteroatoms. The van der Waals surface area contributed by atoms with Gasteiger partial charge in [-0.15, -0.1) is 20.5 Å². The second-order valence-electron chi connectivity index (χ2n) is 11.6. The van der Waals surface area contributed by atoms with E-state index in [2.05, 4.69) is 31.1 Å². The number of fused-ring (bicyclic) bond motifs is 2. The van der Waals surface area contributed by atoms with E-state index < -0.39 is 85.4 Å². The lowest BCUT2D eigenvalue weighted by atomic mass is 10.1. The summed E-state index contributed by atoms with van der Waals surface area (Å²) in [4.78, 5) is 10.5. The van der Waals surface area contributed by atoms with Crippen LogP contribution in [0, 0.1) is 0 Å². The summed E-state index contributed by atoms with van der Waals surface area (Å²) in [5.74, 6) is -2.44. The highest BCUT2D eigenvalue weighted by Crippen LogP contribution is 2.44. The molecule has 6 rings (SSSR count). The van der Waals surface area contributed by atoms with Crippen molar-refractivity contribution in [1.29, 1.82) is 0 Å². The monoisotopic (exact) mass is 824 g/mol. The summed E-state index contributed by atoms with van der Waals surface area (Å²) in [6.07, 6.45) is 0. The van der Waals surface area contributed by atoms with Crippen molar-refractivity contribution in [2.24, 2.45) is 20.5 Å². The molecule has 0 heterocycles. The number of aromatic hydroxyl groups is 4. The van der Waals surface area contributed by atoms with Gasteiger partial charge in [-0.3, -0.25) is 13.7 Å². The highest BCUT2D eigenvalue weighted by atomic mass is 32.2. The lowest BCUT2D eigenvalue weighted by Crippen LogP contribution is -2.19. The first-order valence-corrected chi connectivity index (χ1v) is 19.6. The van der Waals surface area contributed by atoms with Gasteiger partial charge >= 0.3 is 6.03 Å². The number of azo groups is 2. The third-order valence-electron chi connectivity index (χ3n) is 7.82. The molecule has 0 spiro atoms. The number of amides is 2. The number of nitrogens with one attached hydrogen (secondary N) is 2. The standard InChI is InChI=1S/C33H24N6O14S3/c40-25-4-2-1-3-23(25)36-38-29-27(55(48,49)50)13-16-11-18(5-8-21(16)31(29)42)34-33(44)35-19-6-9-22-17(12-19)14-28(56(51,52)53)30(32(22)43)39-37-24-15-20(54(45,46)47)7-10-26(24)41/h1-15,40-43H,(H2,34,35,44)(H,45,46,47)(H,48,49,50)(H,51,52,53). The Bertz CT molecular complexity index is 3030. The Labute approximate surface area is 315 Å². The van der Waals surface area contributed by atoms with E-state index in [9.17, 15) is 64.1 Å². The average Bonchev–Trinajstić information content (AvgIpc) is 3.10. The minimum absolute atomic E-state index is 0.0302. The number of nitrogens with zero attached hydrogens (tertiary/aromatic N) is 4. The van der Waals surface area contributed by atoms with Crippen molar-refractivity contribution in [2.45, 2.75) is 14.7 Å². The molecule has 6 aromatic rings. The lowest BCUT2D eigenvalue weighted by molar-refractivity contribution is 0.262. The highest BCUT2D eigenvalue weighted by Gasteiger charge is 2.24. The summed E-state index contributed by atoms with van der Waals surface area (Å²) in [5.41, 5.74) is -1.94. The van der Waals surface area contributed by atoms with E-state index in [1.54, 1.807) is 0 Å². The molecule has 0 aliphatic rings. The smallest absolute Gasteiger partial charge is 0.323 e. The number of hydrogen-bond donors (Lipinski definition) is 9. The molecule has 9 N–H and O–H groups in total. The van der Waals surface area contributed by atoms with Gasteiger partial charge in [0.2, 0.25) is 0 Å². The molecule has 0 saturated carbocycles. The van der Waals surface area contributed by atoms with Crippen LogP contribution in [0.2, 0.25) is 0 Å². The number of urea groups is 1. The van der Waals surface area contributed by atoms with Gasteiger partial charge in [0, 0.05) is 22.1 Å². The van der Waals surface area contributed by atoms with E-state index in [1.807, 2.05) is 0 Å². The topological polar surface area (TPSA) is 335 Å². The molecular weight excluding hydrogens is 801 g/mol. The van der Waals surface area contributed by atoms with Gasteiger partial charge in [-0.2, -0.15) is 25.3 Å². The maximum Gasteiger partial charge on any atom is 0.323 e. The van der Waals surface area contributed by atoms with Crippen LogP contribution >= 0.6 is 0 Å². The van der Waals surface area contributed by atoms with Gasteiger partial charge in [0.1, 0.15) is 44.0 Å². The zero-order valence-electron chi connectivity index (χ0n) is 27.7. The number of rotatable bonds is 9. The molecule has 0 atom stereocenters. The molecule has 288 valence electrons. The number of hydrogen-bond acceptors (Lipinski definition) is 15. The zero-order valence-corrected chi connectivity index (χ0v) is 30.1. The molecule has 0 unspecified atom stereocenters. The molecule has 2 amide bonds. The number of benzene rings is 6. The fraction of sp³-hybridized carbons (Fsp3) is 0. The van der Waals surface area contributed by atoms with Crippen molar-refractivity contribution in [3.05, 3.63) is 91.0 Å². The number of phenols is 4. The number of anilines is 2. The second kappa shape index (κ2) is 14.5. The Morgan fingerprint density at radius 2 is 0.964 bits per heavy atom. The molecule has 56 heavy (non-hydrogen) atoms. The minimum atomic E-state index is -5.13. The summed E-state index contributed by atoms with van der Waals surface area (Å²) in [7, 11) is -14.9. The van der Waals surface area contributed by atoms with Crippen molar-refractivity contribution in [1.82, 2.24) is 0 Å². The first kappa shape index (κ1) is 38.9. The third kappa shape index (κ3) is 8.16. The van der Waals surface area contributed by atoms with E-state index >= 15 is 0 Å². The Kier molecular flexibility index (Phi) is 10.1. The molecule has 20 nitrogen and oxygen atoms in total. The number of carbonyl (C=O) groups excluding carboxylic acids is 1. The Morgan fingerprint density at radius 3 is 1.43 bits per heavy atom. The number of para-hydroxylation sites is 1. The summed E-state index contributed by atoms with van der Waals surface area (Å²) < 4.78 is 101. The van der Waals surface area contributed by atoms with Crippen LogP contribution in [0.4, 0.5) is 38.9 Å². The molecule has 0 radical (unpaired) electrons. The van der Waals surface area contributed by atoms with Crippen LogP contribution < -0.4 is 10.6 Å². The van der Waals surface area contributed by atoms with Gasteiger partial charge < -0.3 is 31.1 Å². The van der Waals surface area contributed by atoms with E-state index in [0.29, 0.717) is 6.07 Å². The highest BCUT2D eigenvalue weighted by molar-refractivity contribution is 7.86. The summed E-state index contributed by atoms with van der Waals surface area (Å²) in [6.45, 7) is 0. The van der Waals surface area contributed by atoms with Gasteiger partial charge in [0.05, 0.1) is 4.90 Å². The molecule has 0 fully saturated rings. The molecule has 0 bridgehead atoms. The molecule has 0 aromatic heterocycles. The molecule has 0 aliphatic carbocycles. The first-order chi connectivity index (χ1) is 26.2. The van der Waals surface area contributed by atoms with Crippen LogP contribution in [-0.2, 0) is 30.4 Å². The number of phenolic OH excluding ortho intramolecular Hbond substituents is 4. The van der Waals surface area contributed by atoms with Crippen molar-refractivity contribution >= 4 is 92.1 Å². The molecule has 0 aliphatic heterocycles. The van der Waals surface area contributed by atoms with E-state index in [0.717, 1.165) is 24.3 Å². The molecular formula is C33H24N6O14S3. The van der Waals surface area contributed by atoms with Crippen LogP contribution in [0.25, 0.3) is 21.5 Å². The summed E-state index contributed by atoms with van der Waals surface area (Å²) in [6, 6.07) is 16.8. The van der Waals surface area contributed by atoms with Crippen LogP contribution in [0.3, 0.4) is 0 Å². The Morgan fingerprint density at radius 1 is 0.500 bits per heavy atom. The maximum atomic E-state index is 13.0. The fourth-order valence-corrected chi connectivity index (χ4v) is 7.06. The zero-order chi connectivity index (χ0) is 40.7. The summed E-state index contributed by atoms with van der Waals surface area (Å²) >= 11 is 0. The van der Waals surface area contributed by atoms with Crippen molar-refractivity contribution in [3.8, 4) is 23.0 Å². The summed E-state index contributed by atoms with van der Waals surface area (Å²) in [5, 5.41) is 61.5. The maximum absolute atomic E-state index is 13.0. The third-order valence-corrected chi connectivity index (χ3v) is 10.4. The van der Waals surface area contributed by atoms with Crippen LogP contribution in [-0.4, -0.2) is 65.4 Å². The van der Waals surface area contributed by atoms with E-state index in [1.165, 1.54) is 60.7 Å². The van der Waals surface area contributed by atoms with Gasteiger partial charge in [0.25, 0.3) is 30.4 Å². The van der Waals surface area contributed by atoms with Gasteiger partial charge in [-0.25, -0.2) is 4.79 Å². The van der Waals surface area contributed by atoms with Gasteiger partial charge in [0.15, 0.2) is 11.5 Å². The van der Waals surface area contributed by atoms with Crippen LogP contribution in [0.15, 0.2) is 126 Å². The largest absolute Gasteiger partial charge is 0.506 e. The van der Waals surface area contributed by atoms with Crippen molar-refractivity contribution < 1.29 is 64.1 Å². The van der Waals surface area contributed by atoms with Crippen molar-refractivity contribution in [2.75, 3.05) is 10.6 Å². The second-order valence-corrected chi connectivity index (χ2v) is 15.8. The SMILES string of the molecule is O=C(Nc1ccc2c(O)c(N=Nc3ccccc3O)c(S(=O)(=O)O)cc2c1)Nc1ccc2c(O)c(N=Nc3cc(S(=O)(=O)O)ccc3O)c(S(=O)(=O)O)cc2c1. The van der Waals surface area contributed by atoms with Gasteiger partial charge in [-0.05, 0) is 89.6 Å². The lowest BCUT2D eigenvalue weighted by Gasteiger charge is -2.13. The quantitative estimate of drug-likeness (QED) is 0.0522. The predicted octanol–water partition coefficient (Wildman–Crippen LogP) is 7.03.